The molecule has 33 heavy (non-hydrogen) atoms. The molecule has 2 aliphatic rings. The maximum Gasteiger partial charge on any atom is 0.358 e. The molecular formula is C24H30N4O4S. The van der Waals surface area contributed by atoms with Crippen LogP contribution < -0.4 is 10.2 Å². The third kappa shape index (κ3) is 4.51. The van der Waals surface area contributed by atoms with E-state index in [4.69, 9.17) is 4.74 Å². The van der Waals surface area contributed by atoms with Gasteiger partial charge < -0.3 is 10.1 Å². The number of nitrogens with one attached hydrogen (secondary N) is 1. The number of thioether (sulfide) groups is 1. The summed E-state index contributed by atoms with van der Waals surface area (Å²) in [5.41, 5.74) is -0.276. The van der Waals surface area contributed by atoms with Gasteiger partial charge in [0.1, 0.15) is 11.2 Å². The van der Waals surface area contributed by atoms with Gasteiger partial charge in [0, 0.05) is 22.7 Å². The smallest absolute Gasteiger partial charge is 0.358 e. The minimum atomic E-state index is -1.22. The van der Waals surface area contributed by atoms with E-state index in [9.17, 15) is 14.4 Å². The zero-order valence-corrected chi connectivity index (χ0v) is 20.1. The highest BCUT2D eigenvalue weighted by Gasteiger charge is 2.49. The molecule has 1 fully saturated rings. The van der Waals surface area contributed by atoms with Gasteiger partial charge in [-0.15, -0.1) is 11.8 Å². The van der Waals surface area contributed by atoms with Gasteiger partial charge in [-0.05, 0) is 44.2 Å². The van der Waals surface area contributed by atoms with Crippen molar-refractivity contribution in [2.45, 2.75) is 68.5 Å². The minimum Gasteiger partial charge on any atom is -0.464 e. The molecule has 1 aromatic carbocycles. The number of carbonyl (C=O) groups is 3. The maximum absolute atomic E-state index is 13.7. The largest absolute Gasteiger partial charge is 0.464 e. The van der Waals surface area contributed by atoms with Crippen LogP contribution in [0.15, 0.2) is 35.2 Å². The Morgan fingerprint density at radius 1 is 1.18 bits per heavy atom. The second-order valence-electron chi connectivity index (χ2n) is 8.84. The Labute approximate surface area is 198 Å². The van der Waals surface area contributed by atoms with Crippen molar-refractivity contribution in [2.75, 3.05) is 18.3 Å². The van der Waals surface area contributed by atoms with Crippen LogP contribution in [0.25, 0.3) is 0 Å². The summed E-state index contributed by atoms with van der Waals surface area (Å²) in [7, 11) is 1.27. The summed E-state index contributed by atoms with van der Waals surface area (Å²) in [6.07, 6.45) is 8.39. The number of esters is 1. The number of amides is 2. The van der Waals surface area contributed by atoms with Gasteiger partial charge in [0.15, 0.2) is 5.69 Å². The quantitative estimate of drug-likeness (QED) is 0.407. The number of nitrogens with zero attached hydrogens (tertiary/aromatic N) is 3. The maximum atomic E-state index is 13.7. The van der Waals surface area contributed by atoms with Crippen molar-refractivity contribution in [2.24, 2.45) is 0 Å². The van der Waals surface area contributed by atoms with Crippen molar-refractivity contribution in [1.29, 1.82) is 0 Å². The van der Waals surface area contributed by atoms with E-state index in [1.54, 1.807) is 23.6 Å². The molecule has 0 bridgehead atoms. The molecule has 0 radical (unpaired) electrons. The Bertz CT molecular complexity index is 1060. The molecule has 2 heterocycles. The Kier molecular flexibility index (Phi) is 6.78. The van der Waals surface area contributed by atoms with E-state index in [1.165, 1.54) is 30.7 Å². The summed E-state index contributed by atoms with van der Waals surface area (Å²) in [6.45, 7) is 1.90. The molecule has 1 aliphatic carbocycles. The second kappa shape index (κ2) is 9.59. The number of benzene rings is 1. The lowest BCUT2D eigenvalue weighted by molar-refractivity contribution is -0.127. The molecule has 0 spiro atoms. The normalized spacial score (nSPS) is 21.3. The zero-order chi connectivity index (χ0) is 23.6. The number of methoxy groups -OCH3 is 1. The highest BCUT2D eigenvalue weighted by molar-refractivity contribution is 7.98. The average molecular weight is 471 g/mol. The van der Waals surface area contributed by atoms with Gasteiger partial charge in [-0.2, -0.15) is 5.10 Å². The van der Waals surface area contributed by atoms with Crippen molar-refractivity contribution in [3.63, 3.8) is 0 Å². The van der Waals surface area contributed by atoms with Crippen LogP contribution in [-0.2, 0) is 16.1 Å². The molecule has 1 aromatic heterocycles. The Morgan fingerprint density at radius 3 is 2.58 bits per heavy atom. The molecule has 1 aliphatic heterocycles. The van der Waals surface area contributed by atoms with Crippen molar-refractivity contribution < 1.29 is 19.1 Å². The number of hydrogen-bond donors (Lipinski definition) is 1. The van der Waals surface area contributed by atoms with Crippen molar-refractivity contribution in [3.8, 4) is 0 Å². The number of ether oxygens (including phenoxy) is 1. The number of carbonyl (C=O) groups excluding carboxylic acids is 3. The molecule has 2 amide bonds. The fraction of sp³-hybridized carbons (Fsp3) is 0.500. The Morgan fingerprint density at radius 2 is 1.91 bits per heavy atom. The van der Waals surface area contributed by atoms with E-state index >= 15 is 0 Å². The molecule has 9 heteroatoms. The topological polar surface area (TPSA) is 93.5 Å². The Hall–Kier alpha value is -2.81. The first kappa shape index (κ1) is 23.4. The summed E-state index contributed by atoms with van der Waals surface area (Å²) in [6, 6.07) is 9.11. The van der Waals surface area contributed by atoms with Gasteiger partial charge in [0.05, 0.1) is 13.7 Å². The molecule has 0 unspecified atom stereocenters. The number of rotatable bonds is 5. The van der Waals surface area contributed by atoms with Crippen LogP contribution in [0.3, 0.4) is 0 Å². The Balaban J connectivity index is 1.75. The molecule has 8 nitrogen and oxygen atoms in total. The van der Waals surface area contributed by atoms with Crippen LogP contribution in [0.4, 0.5) is 5.69 Å². The molecule has 1 N–H and O–H groups in total. The summed E-state index contributed by atoms with van der Waals surface area (Å²) < 4.78 is 6.24. The molecule has 4 rings (SSSR count). The zero-order valence-electron chi connectivity index (χ0n) is 19.3. The van der Waals surface area contributed by atoms with Crippen molar-refractivity contribution in [3.05, 3.63) is 41.7 Å². The molecule has 1 atom stereocenters. The lowest BCUT2D eigenvalue weighted by atomic mass is 9.93. The van der Waals surface area contributed by atoms with E-state index in [0.29, 0.717) is 5.69 Å². The lowest BCUT2D eigenvalue weighted by Gasteiger charge is -2.43. The van der Waals surface area contributed by atoms with Gasteiger partial charge in [0.25, 0.3) is 5.91 Å². The third-order valence-electron chi connectivity index (χ3n) is 6.54. The van der Waals surface area contributed by atoms with Crippen LogP contribution >= 0.6 is 11.8 Å². The van der Waals surface area contributed by atoms with E-state index in [2.05, 4.69) is 10.4 Å². The first-order valence-corrected chi connectivity index (χ1v) is 12.6. The first-order chi connectivity index (χ1) is 15.9. The van der Waals surface area contributed by atoms with Crippen LogP contribution in [0, 0.1) is 0 Å². The predicted molar refractivity (Wildman–Crippen MR) is 127 cm³/mol. The first-order valence-electron chi connectivity index (χ1n) is 11.3. The highest BCUT2D eigenvalue weighted by atomic mass is 32.2. The van der Waals surface area contributed by atoms with Gasteiger partial charge in [-0.1, -0.05) is 31.7 Å². The monoisotopic (exact) mass is 470 g/mol. The molecule has 2 aromatic rings. The van der Waals surface area contributed by atoms with Gasteiger partial charge in [-0.25, -0.2) is 4.79 Å². The van der Waals surface area contributed by atoms with Gasteiger partial charge >= 0.3 is 5.97 Å². The van der Waals surface area contributed by atoms with Gasteiger partial charge in [0.2, 0.25) is 5.91 Å². The highest BCUT2D eigenvalue weighted by Crippen LogP contribution is 2.35. The van der Waals surface area contributed by atoms with Crippen molar-refractivity contribution in [1.82, 2.24) is 15.1 Å². The van der Waals surface area contributed by atoms with Crippen LogP contribution in [0.1, 0.15) is 66.4 Å². The van der Waals surface area contributed by atoms with E-state index in [0.717, 1.165) is 30.6 Å². The van der Waals surface area contributed by atoms with Crippen LogP contribution in [-0.4, -0.2) is 52.5 Å². The summed E-state index contributed by atoms with van der Waals surface area (Å²) in [5.74, 6) is -1.20. The summed E-state index contributed by atoms with van der Waals surface area (Å²) >= 11 is 1.57. The number of aromatic nitrogens is 2. The fourth-order valence-electron chi connectivity index (χ4n) is 4.70. The summed E-state index contributed by atoms with van der Waals surface area (Å²) in [5, 5.41) is 7.50. The molecule has 1 saturated carbocycles. The van der Waals surface area contributed by atoms with E-state index < -0.39 is 11.5 Å². The molecule has 176 valence electrons. The predicted octanol–water partition coefficient (Wildman–Crippen LogP) is 3.65. The molecular weight excluding hydrogens is 440 g/mol. The van der Waals surface area contributed by atoms with Crippen molar-refractivity contribution >= 4 is 35.2 Å². The minimum absolute atomic E-state index is 0.0482. The molecule has 0 saturated heterocycles. The SMILES string of the molecule is COC(=O)c1cc2n(n1)C[C@](C)(C(=O)NC1CCCCCC1)N(c1cccc(SC)c1)C2=O. The summed E-state index contributed by atoms with van der Waals surface area (Å²) in [4.78, 5) is 42.1. The van der Waals surface area contributed by atoms with E-state index in [-0.39, 0.29) is 35.8 Å². The number of anilines is 1. The van der Waals surface area contributed by atoms with Gasteiger partial charge in [-0.3, -0.25) is 19.2 Å². The lowest BCUT2D eigenvalue weighted by Crippen LogP contribution is -2.65. The average Bonchev–Trinajstić information content (AvgIpc) is 3.07. The third-order valence-corrected chi connectivity index (χ3v) is 7.26. The second-order valence-corrected chi connectivity index (χ2v) is 9.72. The standard InChI is InChI=1S/C24H30N4O4S/c1-24(23(31)25-16-9-6-4-5-7-10-16)15-27-20(14-19(26-27)22(30)32-2)21(29)28(24)17-11-8-12-18(13-17)33-3/h8,11-14,16H,4-7,9-10,15H2,1-3H3,(H,25,31)/t24-/m1/s1. The van der Waals surface area contributed by atoms with E-state index in [1.807, 2.05) is 30.5 Å². The number of fused-ring (bicyclic) bond motifs is 1. The van der Waals surface area contributed by atoms with Crippen LogP contribution in [0.5, 0.6) is 0 Å². The van der Waals surface area contributed by atoms with Crippen LogP contribution in [0.2, 0.25) is 0 Å². The fourth-order valence-corrected chi connectivity index (χ4v) is 5.16. The number of hydrogen-bond acceptors (Lipinski definition) is 6.